The molecule has 0 fully saturated rings. The molecule has 0 rings (SSSR count). The fraction of sp³-hybridized carbons (Fsp3) is 0. The molecular weight excluding hydrogens is 87.5 g/mol. The number of hydrogen-bond acceptors (Lipinski definition) is 2. The van der Waals surface area contributed by atoms with Gasteiger partial charge in [0, 0.05) is 12.4 Å². The zero-order chi connectivity index (χ0) is 3.41. The summed E-state index contributed by atoms with van der Waals surface area (Å²) in [4.78, 5) is 0. The van der Waals surface area contributed by atoms with Gasteiger partial charge in [0.25, 0.3) is 0 Å². The Kier molecular flexibility index (Phi) is 16.7. The summed E-state index contributed by atoms with van der Waals surface area (Å²) in [6.07, 6.45) is 2.56. The quantitative estimate of drug-likeness (QED) is 0.437. The molecule has 0 amide bonds. The molecule has 0 bridgehead atoms. The van der Waals surface area contributed by atoms with Gasteiger partial charge in [0.15, 0.2) is 0 Å². The van der Waals surface area contributed by atoms with Crippen LogP contribution in [-0.4, -0.2) is 0 Å². The van der Waals surface area contributed by atoms with E-state index in [1.165, 1.54) is 12.4 Å². The van der Waals surface area contributed by atoms with Gasteiger partial charge >= 0.3 is 0 Å². The Hall–Kier alpha value is -0.370. The van der Waals surface area contributed by atoms with Gasteiger partial charge in [0.1, 0.15) is 0 Å². The number of halogens is 1. The van der Waals surface area contributed by atoms with Gasteiger partial charge < -0.3 is 11.5 Å². The van der Waals surface area contributed by atoms with Gasteiger partial charge in [-0.1, -0.05) is 0 Å². The molecule has 3 heteroatoms. The van der Waals surface area contributed by atoms with Crippen molar-refractivity contribution >= 4 is 12.4 Å². The first-order valence-corrected chi connectivity index (χ1v) is 1.00. The first-order valence-electron chi connectivity index (χ1n) is 1.00. The van der Waals surface area contributed by atoms with E-state index in [2.05, 4.69) is 0 Å². The second-order valence-electron chi connectivity index (χ2n) is 0.385. The van der Waals surface area contributed by atoms with Crippen molar-refractivity contribution in [2.75, 3.05) is 0 Å². The molecule has 0 spiro atoms. The summed E-state index contributed by atoms with van der Waals surface area (Å²) in [6, 6.07) is 0. The molecule has 4 N–H and O–H groups in total. The van der Waals surface area contributed by atoms with Crippen LogP contribution in [0.25, 0.3) is 0 Å². The van der Waals surface area contributed by atoms with Crippen LogP contribution in [0.2, 0.25) is 0 Å². The summed E-state index contributed by atoms with van der Waals surface area (Å²) in [5.41, 5.74) is 9.44. The fourth-order valence-electron chi connectivity index (χ4n) is 0. The van der Waals surface area contributed by atoms with E-state index in [1.807, 2.05) is 0 Å². The van der Waals surface area contributed by atoms with E-state index in [9.17, 15) is 0 Å². The van der Waals surface area contributed by atoms with Crippen LogP contribution in [0.15, 0.2) is 12.4 Å². The van der Waals surface area contributed by atoms with Crippen molar-refractivity contribution in [2.24, 2.45) is 11.5 Å². The second-order valence-corrected chi connectivity index (χ2v) is 0.385. The van der Waals surface area contributed by atoms with Crippen LogP contribution in [0.1, 0.15) is 0 Å². The van der Waals surface area contributed by atoms with Crippen LogP contribution in [0.3, 0.4) is 0 Å². The van der Waals surface area contributed by atoms with Crippen molar-refractivity contribution in [3.63, 3.8) is 0 Å². The molecule has 0 unspecified atom stereocenters. The highest BCUT2D eigenvalue weighted by Gasteiger charge is 1.30. The predicted molar refractivity (Wildman–Crippen MR) is 24.8 cm³/mol. The summed E-state index contributed by atoms with van der Waals surface area (Å²) < 4.78 is 0. The second kappa shape index (κ2) is 9.45. The van der Waals surface area contributed by atoms with Gasteiger partial charge in [0.05, 0.1) is 0 Å². The monoisotopic (exact) mass is 94.0 g/mol. The highest BCUT2D eigenvalue weighted by atomic mass is 35.5. The van der Waals surface area contributed by atoms with Crippen LogP contribution in [0.4, 0.5) is 0 Å². The van der Waals surface area contributed by atoms with Crippen molar-refractivity contribution in [1.82, 2.24) is 0 Å². The number of rotatable bonds is 0. The van der Waals surface area contributed by atoms with E-state index < -0.39 is 0 Å². The number of hydrogen-bond donors (Lipinski definition) is 2. The predicted octanol–water partition coefficient (Wildman–Crippen LogP) is -0.203. The minimum absolute atomic E-state index is 0. The molecule has 32 valence electrons. The van der Waals surface area contributed by atoms with Crippen LogP contribution in [0.5, 0.6) is 0 Å². The third kappa shape index (κ3) is 24.3. The van der Waals surface area contributed by atoms with Gasteiger partial charge in [-0.05, 0) is 0 Å². The largest absolute Gasteiger partial charge is 0.403 e. The average molecular weight is 94.5 g/mol. The zero-order valence-corrected chi connectivity index (χ0v) is 3.53. The molecule has 0 atom stereocenters. The molecule has 0 aromatic rings. The van der Waals surface area contributed by atoms with Crippen LogP contribution in [0, 0.1) is 0 Å². The van der Waals surface area contributed by atoms with Crippen molar-refractivity contribution < 1.29 is 0 Å². The Labute approximate surface area is 37.2 Å². The van der Waals surface area contributed by atoms with Gasteiger partial charge in [-0.3, -0.25) is 0 Å². The van der Waals surface area contributed by atoms with Crippen LogP contribution in [-0.2, 0) is 0 Å². The summed E-state index contributed by atoms with van der Waals surface area (Å²) in [7, 11) is 0. The molecule has 0 aromatic carbocycles. The molecule has 0 radical (unpaired) electrons. The third-order valence-corrected chi connectivity index (χ3v) is 0.111. The Morgan fingerprint density at radius 1 is 1.00 bits per heavy atom. The van der Waals surface area contributed by atoms with Crippen molar-refractivity contribution in [3.8, 4) is 0 Å². The van der Waals surface area contributed by atoms with E-state index in [0.717, 1.165) is 0 Å². The lowest BCUT2D eigenvalue weighted by Gasteiger charge is -1.56. The van der Waals surface area contributed by atoms with Crippen molar-refractivity contribution in [3.05, 3.63) is 12.4 Å². The first kappa shape index (κ1) is 8.82. The van der Waals surface area contributed by atoms with E-state index in [4.69, 9.17) is 11.5 Å². The Morgan fingerprint density at radius 2 is 1.20 bits per heavy atom. The normalized spacial score (nSPS) is 7.20. The summed E-state index contributed by atoms with van der Waals surface area (Å²) >= 11 is 0. The Balaban J connectivity index is 0. The standard InChI is InChI=1S/C2H6N2.ClH/c3-1-2-4;/h1-2H,3-4H2;1H/b2-1+;. The first-order chi connectivity index (χ1) is 1.91. The lowest BCUT2D eigenvalue weighted by Crippen LogP contribution is -1.81. The molecule has 0 heterocycles. The Bertz CT molecular complexity index is 22.8. The maximum absolute atomic E-state index is 4.72. The maximum Gasteiger partial charge on any atom is 0.00957 e. The van der Waals surface area contributed by atoms with Crippen LogP contribution < -0.4 is 11.5 Å². The average Bonchev–Trinajstić information content (AvgIpc) is 1.37. The van der Waals surface area contributed by atoms with Crippen molar-refractivity contribution in [2.45, 2.75) is 0 Å². The van der Waals surface area contributed by atoms with E-state index in [-0.39, 0.29) is 12.4 Å². The lowest BCUT2D eigenvalue weighted by molar-refractivity contribution is 1.50. The smallest absolute Gasteiger partial charge is 0.00957 e. The molecule has 0 aromatic heterocycles. The minimum Gasteiger partial charge on any atom is -0.403 e. The van der Waals surface area contributed by atoms with Gasteiger partial charge in [-0.25, -0.2) is 0 Å². The number of nitrogens with two attached hydrogens (primary N) is 2. The lowest BCUT2D eigenvalue weighted by atomic mass is 11.0. The van der Waals surface area contributed by atoms with E-state index >= 15 is 0 Å². The molecule has 0 saturated heterocycles. The minimum atomic E-state index is 0. The molecular formula is C2H7ClN2. The molecule has 0 aliphatic carbocycles. The summed E-state index contributed by atoms with van der Waals surface area (Å²) in [5, 5.41) is 0. The summed E-state index contributed by atoms with van der Waals surface area (Å²) in [5.74, 6) is 0. The van der Waals surface area contributed by atoms with Gasteiger partial charge in [-0.2, -0.15) is 0 Å². The molecule has 0 aliphatic heterocycles. The van der Waals surface area contributed by atoms with Gasteiger partial charge in [0.2, 0.25) is 0 Å². The molecule has 0 saturated carbocycles. The highest BCUT2D eigenvalue weighted by molar-refractivity contribution is 5.85. The third-order valence-electron chi connectivity index (χ3n) is 0.111. The Morgan fingerprint density at radius 3 is 1.20 bits per heavy atom. The highest BCUT2D eigenvalue weighted by Crippen LogP contribution is 1.30. The van der Waals surface area contributed by atoms with E-state index in [1.54, 1.807) is 0 Å². The summed E-state index contributed by atoms with van der Waals surface area (Å²) in [6.45, 7) is 0. The van der Waals surface area contributed by atoms with Crippen molar-refractivity contribution in [1.29, 1.82) is 0 Å². The fourth-order valence-corrected chi connectivity index (χ4v) is 0. The van der Waals surface area contributed by atoms with E-state index in [0.29, 0.717) is 0 Å². The van der Waals surface area contributed by atoms with Gasteiger partial charge in [-0.15, -0.1) is 12.4 Å². The topological polar surface area (TPSA) is 52.0 Å². The maximum atomic E-state index is 4.72. The van der Waals surface area contributed by atoms with Crippen LogP contribution >= 0.6 is 12.4 Å². The molecule has 2 nitrogen and oxygen atoms in total. The molecule has 0 aliphatic rings. The molecule has 5 heavy (non-hydrogen) atoms. The zero-order valence-electron chi connectivity index (χ0n) is 2.72. The SMILES string of the molecule is Cl.N/C=C/N.